The minimum absolute atomic E-state index is 0.0268. The highest BCUT2D eigenvalue weighted by Crippen LogP contribution is 2.31. The summed E-state index contributed by atoms with van der Waals surface area (Å²) in [6.45, 7) is 4.24. The molecule has 2 heterocycles. The lowest BCUT2D eigenvalue weighted by Crippen LogP contribution is -2.28. The van der Waals surface area contributed by atoms with Crippen molar-refractivity contribution in [3.8, 4) is 17.2 Å². The van der Waals surface area contributed by atoms with E-state index in [1.54, 1.807) is 23.5 Å². The van der Waals surface area contributed by atoms with Crippen LogP contribution < -0.4 is 9.47 Å². The number of hydrogen-bond acceptors (Lipinski definition) is 4. The number of amides is 1. The lowest BCUT2D eigenvalue weighted by molar-refractivity contribution is -0.126. The summed E-state index contributed by atoms with van der Waals surface area (Å²) in [6.07, 6.45) is 8.85. The third kappa shape index (κ3) is 4.48. The molecule has 3 aromatic rings. The van der Waals surface area contributed by atoms with Gasteiger partial charge < -0.3 is 18.9 Å². The number of hydrogen-bond donors (Lipinski definition) is 0. The predicted octanol–water partition coefficient (Wildman–Crippen LogP) is 3.71. The molecule has 4 rings (SSSR count). The van der Waals surface area contributed by atoms with Crippen LogP contribution in [0.1, 0.15) is 18.1 Å². The van der Waals surface area contributed by atoms with E-state index in [4.69, 9.17) is 9.47 Å². The van der Waals surface area contributed by atoms with Crippen LogP contribution in [0.2, 0.25) is 0 Å². The van der Waals surface area contributed by atoms with Gasteiger partial charge in [0, 0.05) is 37.2 Å². The molecule has 0 N–H and O–H groups in total. The van der Waals surface area contributed by atoms with E-state index in [0.29, 0.717) is 26.3 Å². The molecule has 1 amide bonds. The van der Waals surface area contributed by atoms with E-state index in [9.17, 15) is 4.79 Å². The number of benzene rings is 2. The molecule has 0 unspecified atom stereocenters. The number of rotatable bonds is 6. The van der Waals surface area contributed by atoms with Crippen LogP contribution in [0, 0.1) is 0 Å². The van der Waals surface area contributed by atoms with Crippen molar-refractivity contribution in [3.05, 3.63) is 78.4 Å². The minimum atomic E-state index is -0.0268. The van der Waals surface area contributed by atoms with Gasteiger partial charge in [0.25, 0.3) is 0 Å². The molecule has 0 saturated carbocycles. The van der Waals surface area contributed by atoms with Gasteiger partial charge in [-0.3, -0.25) is 4.79 Å². The largest absolute Gasteiger partial charge is 0.486 e. The van der Waals surface area contributed by atoms with Gasteiger partial charge in [0.15, 0.2) is 11.5 Å². The van der Waals surface area contributed by atoms with Gasteiger partial charge >= 0.3 is 0 Å². The Hall–Kier alpha value is -3.54. The van der Waals surface area contributed by atoms with Crippen molar-refractivity contribution in [3.63, 3.8) is 0 Å². The highest BCUT2D eigenvalue weighted by atomic mass is 16.6. The van der Waals surface area contributed by atoms with E-state index in [-0.39, 0.29) is 5.91 Å². The highest BCUT2D eigenvalue weighted by Gasteiger charge is 2.14. The Kier molecular flexibility index (Phi) is 5.61. The summed E-state index contributed by atoms with van der Waals surface area (Å²) in [6, 6.07) is 13.8. The Bertz CT molecular complexity index is 995. The van der Waals surface area contributed by atoms with E-state index >= 15 is 0 Å². The summed E-state index contributed by atoms with van der Waals surface area (Å²) in [4.78, 5) is 18.5. The molecule has 0 aliphatic carbocycles. The second-order valence-corrected chi connectivity index (χ2v) is 6.73. The van der Waals surface area contributed by atoms with Crippen LogP contribution in [-0.4, -0.2) is 40.1 Å². The monoisotopic (exact) mass is 389 g/mol. The lowest BCUT2D eigenvalue weighted by atomic mass is 10.1. The molecular weight excluding hydrogens is 366 g/mol. The Labute approximate surface area is 170 Å². The molecule has 1 aliphatic heterocycles. The van der Waals surface area contributed by atoms with Gasteiger partial charge in [-0.25, -0.2) is 4.98 Å². The lowest BCUT2D eigenvalue weighted by Gasteiger charge is -2.22. The van der Waals surface area contributed by atoms with Gasteiger partial charge in [0.05, 0.1) is 6.33 Å². The predicted molar refractivity (Wildman–Crippen MR) is 111 cm³/mol. The zero-order valence-electron chi connectivity index (χ0n) is 16.3. The SMILES string of the molecule is CCN(Cc1ccc2c(c1)OCCO2)C(=O)/C=C/c1ccc(-n2ccnc2)cc1. The molecule has 1 aromatic heterocycles. The maximum absolute atomic E-state index is 12.7. The van der Waals surface area contributed by atoms with Gasteiger partial charge in [0.1, 0.15) is 13.2 Å². The second-order valence-electron chi connectivity index (χ2n) is 6.73. The van der Waals surface area contributed by atoms with Crippen molar-refractivity contribution in [1.82, 2.24) is 14.5 Å². The van der Waals surface area contributed by atoms with Crippen molar-refractivity contribution in [1.29, 1.82) is 0 Å². The van der Waals surface area contributed by atoms with Crippen LogP contribution in [0.25, 0.3) is 11.8 Å². The van der Waals surface area contributed by atoms with E-state index in [1.165, 1.54) is 0 Å². The van der Waals surface area contributed by atoms with Gasteiger partial charge in [-0.05, 0) is 48.4 Å². The molecule has 0 atom stereocenters. The van der Waals surface area contributed by atoms with Crippen LogP contribution in [0.5, 0.6) is 11.5 Å². The number of aromatic nitrogens is 2. The van der Waals surface area contributed by atoms with E-state index in [2.05, 4.69) is 4.98 Å². The first-order chi connectivity index (χ1) is 14.2. The van der Waals surface area contributed by atoms with Crippen molar-refractivity contribution >= 4 is 12.0 Å². The third-order valence-electron chi connectivity index (χ3n) is 4.79. The minimum Gasteiger partial charge on any atom is -0.486 e. The summed E-state index contributed by atoms with van der Waals surface area (Å²) < 4.78 is 13.1. The number of likely N-dealkylation sites (N-methyl/N-ethyl adjacent to an activating group) is 1. The second kappa shape index (κ2) is 8.65. The number of ether oxygens (including phenoxy) is 2. The fraction of sp³-hybridized carbons (Fsp3) is 0.217. The molecule has 0 fully saturated rings. The van der Waals surface area contributed by atoms with Gasteiger partial charge in [0.2, 0.25) is 5.91 Å². The third-order valence-corrected chi connectivity index (χ3v) is 4.79. The molecular formula is C23H23N3O3. The Morgan fingerprint density at radius 2 is 1.93 bits per heavy atom. The van der Waals surface area contributed by atoms with Crippen LogP contribution in [-0.2, 0) is 11.3 Å². The quantitative estimate of drug-likeness (QED) is 0.603. The number of carbonyl (C=O) groups is 1. The Morgan fingerprint density at radius 3 is 2.66 bits per heavy atom. The van der Waals surface area contributed by atoms with Crippen molar-refractivity contribution < 1.29 is 14.3 Å². The topological polar surface area (TPSA) is 56.6 Å². The molecule has 0 radical (unpaired) electrons. The van der Waals surface area contributed by atoms with Gasteiger partial charge in [-0.1, -0.05) is 18.2 Å². The van der Waals surface area contributed by atoms with E-state index < -0.39 is 0 Å². The van der Waals surface area contributed by atoms with Crippen molar-refractivity contribution in [2.75, 3.05) is 19.8 Å². The molecule has 6 heteroatoms. The van der Waals surface area contributed by atoms with Gasteiger partial charge in [-0.15, -0.1) is 0 Å². The van der Waals surface area contributed by atoms with E-state index in [1.807, 2.05) is 66.2 Å². The van der Waals surface area contributed by atoms with Crippen LogP contribution in [0.3, 0.4) is 0 Å². The zero-order valence-corrected chi connectivity index (χ0v) is 16.3. The van der Waals surface area contributed by atoms with Gasteiger partial charge in [-0.2, -0.15) is 0 Å². The molecule has 6 nitrogen and oxygen atoms in total. The maximum Gasteiger partial charge on any atom is 0.246 e. The summed E-state index contributed by atoms with van der Waals surface area (Å²) in [5.74, 6) is 1.47. The van der Waals surface area contributed by atoms with Crippen LogP contribution >= 0.6 is 0 Å². The number of imidazole rings is 1. The molecule has 148 valence electrons. The normalized spacial score (nSPS) is 12.9. The smallest absolute Gasteiger partial charge is 0.246 e. The first-order valence-corrected chi connectivity index (χ1v) is 9.67. The molecule has 0 saturated heterocycles. The zero-order chi connectivity index (χ0) is 20.1. The van der Waals surface area contributed by atoms with Crippen molar-refractivity contribution in [2.24, 2.45) is 0 Å². The summed E-state index contributed by atoms with van der Waals surface area (Å²) in [7, 11) is 0. The first kappa shape index (κ1) is 18.8. The Balaban J connectivity index is 1.41. The maximum atomic E-state index is 12.7. The first-order valence-electron chi connectivity index (χ1n) is 9.67. The number of nitrogens with zero attached hydrogens (tertiary/aromatic N) is 3. The summed E-state index contributed by atoms with van der Waals surface area (Å²) in [5, 5.41) is 0. The molecule has 0 bridgehead atoms. The highest BCUT2D eigenvalue weighted by molar-refractivity contribution is 5.91. The van der Waals surface area contributed by atoms with Crippen LogP contribution in [0.4, 0.5) is 0 Å². The van der Waals surface area contributed by atoms with Crippen LogP contribution in [0.15, 0.2) is 67.3 Å². The molecule has 1 aliphatic rings. The summed E-state index contributed by atoms with van der Waals surface area (Å²) in [5.41, 5.74) is 3.01. The summed E-state index contributed by atoms with van der Waals surface area (Å²) >= 11 is 0. The average molecular weight is 389 g/mol. The van der Waals surface area contributed by atoms with E-state index in [0.717, 1.165) is 28.3 Å². The van der Waals surface area contributed by atoms with Crippen molar-refractivity contribution in [2.45, 2.75) is 13.5 Å². The fourth-order valence-corrected chi connectivity index (χ4v) is 3.19. The molecule has 2 aromatic carbocycles. The fourth-order valence-electron chi connectivity index (χ4n) is 3.19. The number of fused-ring (bicyclic) bond motifs is 1. The Morgan fingerprint density at radius 1 is 1.14 bits per heavy atom. The molecule has 29 heavy (non-hydrogen) atoms. The standard InChI is InChI=1S/C23H23N3O3/c1-2-25(16-19-5-9-21-22(15-19)29-14-13-28-21)23(27)10-6-18-3-7-20(8-4-18)26-12-11-24-17-26/h3-12,15,17H,2,13-14,16H2,1H3/b10-6+. The molecule has 0 spiro atoms. The number of carbonyl (C=O) groups excluding carboxylic acids is 1. The average Bonchev–Trinajstić information content (AvgIpc) is 3.31.